The van der Waals surface area contributed by atoms with Gasteiger partial charge in [-0.15, -0.1) is 0 Å². The van der Waals surface area contributed by atoms with E-state index in [1.807, 2.05) is 19.9 Å². The summed E-state index contributed by atoms with van der Waals surface area (Å²) in [5, 5.41) is 2.76. The zero-order valence-electron chi connectivity index (χ0n) is 17.1. The van der Waals surface area contributed by atoms with Crippen LogP contribution in [0.1, 0.15) is 28.4 Å². The van der Waals surface area contributed by atoms with E-state index in [9.17, 15) is 13.2 Å². The molecule has 0 aliphatic heterocycles. The minimum Gasteiger partial charge on any atom is -0.493 e. The van der Waals surface area contributed by atoms with Crippen molar-refractivity contribution in [2.75, 3.05) is 16.6 Å². The normalized spacial score (nSPS) is 11.0. The van der Waals surface area contributed by atoms with Crippen LogP contribution in [-0.2, 0) is 10.0 Å². The molecule has 0 saturated heterocycles. The first-order valence-corrected chi connectivity index (χ1v) is 11.0. The highest BCUT2D eigenvalue weighted by molar-refractivity contribution is 7.92. The molecule has 0 fully saturated rings. The van der Waals surface area contributed by atoms with E-state index in [1.165, 1.54) is 6.07 Å². The van der Waals surface area contributed by atoms with Crippen LogP contribution in [0.2, 0.25) is 0 Å². The van der Waals surface area contributed by atoms with Crippen molar-refractivity contribution in [3.8, 4) is 5.75 Å². The maximum Gasteiger partial charge on any atom is 0.262 e. The third-order valence-corrected chi connectivity index (χ3v) is 5.96. The van der Waals surface area contributed by atoms with E-state index in [-0.39, 0.29) is 10.8 Å². The van der Waals surface area contributed by atoms with Crippen LogP contribution in [0.5, 0.6) is 5.75 Å². The van der Waals surface area contributed by atoms with Crippen LogP contribution >= 0.6 is 0 Å². The number of carbonyl (C=O) groups is 1. The summed E-state index contributed by atoms with van der Waals surface area (Å²) in [6.07, 6.45) is 0. The first-order chi connectivity index (χ1) is 14.3. The Hall–Kier alpha value is -3.32. The zero-order valence-corrected chi connectivity index (χ0v) is 17.9. The van der Waals surface area contributed by atoms with Gasteiger partial charge in [0.1, 0.15) is 5.75 Å². The second kappa shape index (κ2) is 9.00. The molecule has 0 bridgehead atoms. The summed E-state index contributed by atoms with van der Waals surface area (Å²) >= 11 is 0. The van der Waals surface area contributed by atoms with Crippen molar-refractivity contribution in [1.29, 1.82) is 0 Å². The lowest BCUT2D eigenvalue weighted by molar-refractivity contribution is 0.102. The number of benzene rings is 3. The van der Waals surface area contributed by atoms with E-state index in [2.05, 4.69) is 10.0 Å². The van der Waals surface area contributed by atoms with Gasteiger partial charge in [-0.2, -0.15) is 0 Å². The van der Waals surface area contributed by atoms with Crippen molar-refractivity contribution in [3.05, 3.63) is 83.4 Å². The van der Waals surface area contributed by atoms with E-state index >= 15 is 0 Å². The lowest BCUT2D eigenvalue weighted by Gasteiger charge is -2.14. The minimum absolute atomic E-state index is 0.0971. The van der Waals surface area contributed by atoms with E-state index in [4.69, 9.17) is 4.74 Å². The molecule has 30 heavy (non-hydrogen) atoms. The summed E-state index contributed by atoms with van der Waals surface area (Å²) in [5.41, 5.74) is 2.75. The molecular weight excluding hydrogens is 400 g/mol. The molecule has 0 spiro atoms. The maximum absolute atomic E-state index is 12.9. The van der Waals surface area contributed by atoms with Crippen LogP contribution in [-0.4, -0.2) is 20.9 Å². The lowest BCUT2D eigenvalue weighted by Crippen LogP contribution is -2.17. The van der Waals surface area contributed by atoms with Gasteiger partial charge in [0.05, 0.1) is 17.1 Å². The van der Waals surface area contributed by atoms with Crippen molar-refractivity contribution >= 4 is 27.3 Å². The predicted octanol–water partition coefficient (Wildman–Crippen LogP) is 4.76. The molecule has 0 heterocycles. The number of nitrogens with one attached hydrogen (secondary N) is 2. The Labute approximate surface area is 177 Å². The second-order valence-electron chi connectivity index (χ2n) is 6.84. The van der Waals surface area contributed by atoms with Crippen molar-refractivity contribution in [1.82, 2.24) is 0 Å². The van der Waals surface area contributed by atoms with Crippen LogP contribution in [0.15, 0.2) is 71.6 Å². The number of ether oxygens (including phenoxy) is 1. The van der Waals surface area contributed by atoms with E-state index in [1.54, 1.807) is 61.5 Å². The van der Waals surface area contributed by atoms with Crippen LogP contribution in [0, 0.1) is 13.8 Å². The number of hydrogen-bond donors (Lipinski definition) is 2. The molecule has 0 aliphatic rings. The smallest absolute Gasteiger partial charge is 0.262 e. The molecule has 6 nitrogen and oxygen atoms in total. The van der Waals surface area contributed by atoms with Crippen molar-refractivity contribution in [3.63, 3.8) is 0 Å². The Balaban J connectivity index is 1.87. The fraction of sp³-hybridized carbons (Fsp3) is 0.174. The third-order valence-electron chi connectivity index (χ3n) is 4.44. The Morgan fingerprint density at radius 3 is 2.43 bits per heavy atom. The van der Waals surface area contributed by atoms with Gasteiger partial charge in [0, 0.05) is 11.4 Å². The highest BCUT2D eigenvalue weighted by atomic mass is 32.2. The van der Waals surface area contributed by atoms with Gasteiger partial charge in [0.25, 0.3) is 15.9 Å². The van der Waals surface area contributed by atoms with E-state index < -0.39 is 10.0 Å². The lowest BCUT2D eigenvalue weighted by atomic mass is 10.1. The number of rotatable bonds is 7. The Morgan fingerprint density at radius 1 is 0.933 bits per heavy atom. The number of para-hydroxylation sites is 1. The molecule has 1 amide bonds. The molecule has 0 unspecified atom stereocenters. The van der Waals surface area contributed by atoms with Crippen molar-refractivity contribution in [2.45, 2.75) is 25.7 Å². The maximum atomic E-state index is 12.9. The number of anilines is 2. The first kappa shape index (κ1) is 21.4. The van der Waals surface area contributed by atoms with Crippen molar-refractivity contribution in [2.24, 2.45) is 0 Å². The van der Waals surface area contributed by atoms with Gasteiger partial charge < -0.3 is 10.1 Å². The average Bonchev–Trinajstić information content (AvgIpc) is 2.69. The zero-order chi connectivity index (χ0) is 21.7. The molecule has 3 aromatic carbocycles. The summed E-state index contributed by atoms with van der Waals surface area (Å²) in [5.74, 6) is 0.0939. The number of carbonyl (C=O) groups excluding carboxylic acids is 1. The topological polar surface area (TPSA) is 84.5 Å². The standard InChI is InChI=1S/C23H24N2O4S/c1-4-29-21-11-6-5-10-20(21)23(26)24-18-13-12-17(3)22(15-18)30(27,28)25-19-9-7-8-16(2)14-19/h5-15,25H,4H2,1-3H3,(H,24,26). The molecule has 0 saturated carbocycles. The van der Waals surface area contributed by atoms with Crippen LogP contribution in [0.25, 0.3) is 0 Å². The number of hydrogen-bond acceptors (Lipinski definition) is 4. The molecule has 0 radical (unpaired) electrons. The summed E-state index contributed by atoms with van der Waals surface area (Å²) in [7, 11) is -3.83. The van der Waals surface area contributed by atoms with Gasteiger partial charge in [0.15, 0.2) is 0 Å². The van der Waals surface area contributed by atoms with Gasteiger partial charge in [-0.05, 0) is 68.3 Å². The van der Waals surface area contributed by atoms with Crippen LogP contribution < -0.4 is 14.8 Å². The van der Waals surface area contributed by atoms with E-state index in [0.717, 1.165) is 5.56 Å². The second-order valence-corrected chi connectivity index (χ2v) is 8.49. The Bertz CT molecular complexity index is 1170. The summed E-state index contributed by atoms with van der Waals surface area (Å²) < 4.78 is 34.0. The summed E-state index contributed by atoms with van der Waals surface area (Å²) in [6.45, 7) is 5.87. The first-order valence-electron chi connectivity index (χ1n) is 9.53. The monoisotopic (exact) mass is 424 g/mol. The van der Waals surface area contributed by atoms with E-state index in [0.29, 0.717) is 34.9 Å². The van der Waals surface area contributed by atoms with Crippen LogP contribution in [0.4, 0.5) is 11.4 Å². The molecule has 0 aliphatic carbocycles. The number of aryl methyl sites for hydroxylation is 2. The number of amides is 1. The average molecular weight is 425 g/mol. The molecule has 3 aromatic rings. The SMILES string of the molecule is CCOc1ccccc1C(=O)Nc1ccc(C)c(S(=O)(=O)Nc2cccc(C)c2)c1. The minimum atomic E-state index is -3.83. The Kier molecular flexibility index (Phi) is 6.42. The molecule has 156 valence electrons. The van der Waals surface area contributed by atoms with Gasteiger partial charge in [-0.1, -0.05) is 30.3 Å². The van der Waals surface area contributed by atoms with Gasteiger partial charge in [-0.3, -0.25) is 9.52 Å². The summed E-state index contributed by atoms with van der Waals surface area (Å²) in [6, 6.07) is 18.8. The molecule has 0 aromatic heterocycles. The molecular formula is C23H24N2O4S. The fourth-order valence-electron chi connectivity index (χ4n) is 3.02. The molecule has 0 atom stereocenters. The molecule has 3 rings (SSSR count). The van der Waals surface area contributed by atoms with Gasteiger partial charge >= 0.3 is 0 Å². The molecule has 7 heteroatoms. The largest absolute Gasteiger partial charge is 0.493 e. The van der Waals surface area contributed by atoms with Crippen LogP contribution in [0.3, 0.4) is 0 Å². The predicted molar refractivity (Wildman–Crippen MR) is 119 cm³/mol. The number of sulfonamides is 1. The summed E-state index contributed by atoms with van der Waals surface area (Å²) in [4.78, 5) is 12.8. The van der Waals surface area contributed by atoms with Gasteiger partial charge in [-0.25, -0.2) is 8.42 Å². The van der Waals surface area contributed by atoms with Crippen molar-refractivity contribution < 1.29 is 17.9 Å². The molecule has 2 N–H and O–H groups in total. The highest BCUT2D eigenvalue weighted by Gasteiger charge is 2.19. The third kappa shape index (κ3) is 4.99. The van der Waals surface area contributed by atoms with Gasteiger partial charge in [0.2, 0.25) is 0 Å². The fourth-order valence-corrected chi connectivity index (χ4v) is 4.34. The quantitative estimate of drug-likeness (QED) is 0.573. The highest BCUT2D eigenvalue weighted by Crippen LogP contribution is 2.25. The Morgan fingerprint density at radius 2 is 1.70 bits per heavy atom.